The first kappa shape index (κ1) is 9.27. The Kier molecular flexibility index (Phi) is 6.58. The molecule has 1 atom stereocenters. The van der Waals surface area contributed by atoms with Crippen LogP contribution in [0.3, 0.4) is 0 Å². The van der Waals surface area contributed by atoms with Gasteiger partial charge in [0.25, 0.3) is 0 Å². The zero-order chi connectivity index (χ0) is 7.11. The van der Waals surface area contributed by atoms with Gasteiger partial charge < -0.3 is 11.5 Å². The van der Waals surface area contributed by atoms with Gasteiger partial charge in [0.2, 0.25) is 0 Å². The van der Waals surface area contributed by atoms with E-state index in [-0.39, 0.29) is 0 Å². The minimum Gasteiger partial charge on any atom is -0.330 e. The van der Waals surface area contributed by atoms with Gasteiger partial charge in [0.1, 0.15) is 0 Å². The third kappa shape index (κ3) is 6.15. The van der Waals surface area contributed by atoms with Crippen LogP contribution >= 0.6 is 12.6 Å². The molecule has 1 unspecified atom stereocenters. The lowest BCUT2D eigenvalue weighted by atomic mass is 10.2. The van der Waals surface area contributed by atoms with Crippen molar-refractivity contribution in [2.24, 2.45) is 11.5 Å². The van der Waals surface area contributed by atoms with Gasteiger partial charge in [-0.1, -0.05) is 6.42 Å². The maximum atomic E-state index is 5.35. The number of hydrogen-bond donors (Lipinski definition) is 3. The molecule has 0 aromatic carbocycles. The summed E-state index contributed by atoms with van der Waals surface area (Å²) in [7, 11) is 0. The van der Waals surface area contributed by atoms with Crippen molar-refractivity contribution in [3.63, 3.8) is 0 Å². The molecular weight excluding hydrogens is 132 g/mol. The lowest BCUT2D eigenvalue weighted by Gasteiger charge is -2.04. The predicted molar refractivity (Wildman–Crippen MR) is 44.7 cm³/mol. The molecule has 0 rings (SSSR count). The fourth-order valence-electron chi connectivity index (χ4n) is 0.642. The SMILES string of the molecule is NCCCCC(S)CN. The highest BCUT2D eigenvalue weighted by atomic mass is 32.1. The summed E-state index contributed by atoms with van der Waals surface area (Å²) >= 11 is 4.24. The third-order valence-corrected chi connectivity index (χ3v) is 1.73. The van der Waals surface area contributed by atoms with Crippen LogP contribution in [-0.4, -0.2) is 18.3 Å². The fourth-order valence-corrected chi connectivity index (χ4v) is 0.825. The summed E-state index contributed by atoms with van der Waals surface area (Å²) in [5.74, 6) is 0. The average molecular weight is 148 g/mol. The second-order valence-corrected chi connectivity index (χ2v) is 2.90. The largest absolute Gasteiger partial charge is 0.330 e. The van der Waals surface area contributed by atoms with Crippen LogP contribution in [0.25, 0.3) is 0 Å². The molecule has 3 heteroatoms. The summed E-state index contributed by atoms with van der Waals surface area (Å²) in [6.07, 6.45) is 3.34. The Bertz CT molecular complexity index is 59.0. The van der Waals surface area contributed by atoms with Crippen molar-refractivity contribution in [2.45, 2.75) is 24.5 Å². The van der Waals surface area contributed by atoms with Crippen LogP contribution in [0.4, 0.5) is 0 Å². The first-order chi connectivity index (χ1) is 4.31. The smallest absolute Gasteiger partial charge is 0.0140 e. The summed E-state index contributed by atoms with van der Waals surface area (Å²) in [4.78, 5) is 0. The summed E-state index contributed by atoms with van der Waals surface area (Å²) in [6, 6.07) is 0. The molecule has 0 amide bonds. The molecule has 0 aliphatic carbocycles. The van der Waals surface area contributed by atoms with E-state index in [0.29, 0.717) is 11.8 Å². The summed E-state index contributed by atoms with van der Waals surface area (Å²) < 4.78 is 0. The number of hydrogen-bond acceptors (Lipinski definition) is 3. The van der Waals surface area contributed by atoms with Gasteiger partial charge in [0.15, 0.2) is 0 Å². The van der Waals surface area contributed by atoms with E-state index in [1.807, 2.05) is 0 Å². The molecule has 0 heterocycles. The Labute approximate surface area is 62.4 Å². The highest BCUT2D eigenvalue weighted by molar-refractivity contribution is 7.81. The highest BCUT2D eigenvalue weighted by Gasteiger charge is 1.97. The summed E-state index contributed by atoms with van der Waals surface area (Å²) in [5.41, 5.74) is 10.6. The molecular formula is C6H16N2S. The molecule has 0 aromatic heterocycles. The highest BCUT2D eigenvalue weighted by Crippen LogP contribution is 2.03. The lowest BCUT2D eigenvalue weighted by molar-refractivity contribution is 0.666. The molecule has 2 nitrogen and oxygen atoms in total. The van der Waals surface area contributed by atoms with Gasteiger partial charge in [0.05, 0.1) is 0 Å². The molecule has 0 spiro atoms. The lowest BCUT2D eigenvalue weighted by Crippen LogP contribution is -2.14. The first-order valence-electron chi connectivity index (χ1n) is 3.39. The van der Waals surface area contributed by atoms with Gasteiger partial charge >= 0.3 is 0 Å². The van der Waals surface area contributed by atoms with Crippen molar-refractivity contribution in [3.05, 3.63) is 0 Å². The normalized spacial score (nSPS) is 13.7. The van der Waals surface area contributed by atoms with Crippen LogP contribution in [0.1, 0.15) is 19.3 Å². The van der Waals surface area contributed by atoms with Crippen molar-refractivity contribution in [3.8, 4) is 0 Å². The Morgan fingerprint density at radius 2 is 1.89 bits per heavy atom. The second-order valence-electron chi connectivity index (χ2n) is 2.17. The van der Waals surface area contributed by atoms with Gasteiger partial charge in [-0.3, -0.25) is 0 Å². The number of thiol groups is 1. The molecule has 0 aromatic rings. The standard InChI is InChI=1S/C6H16N2S/c7-4-2-1-3-6(9)5-8/h6,9H,1-5,7-8H2. The monoisotopic (exact) mass is 148 g/mol. The first-order valence-corrected chi connectivity index (χ1v) is 3.91. The van der Waals surface area contributed by atoms with Gasteiger partial charge in [-0.05, 0) is 19.4 Å². The number of rotatable bonds is 5. The van der Waals surface area contributed by atoms with Crippen molar-refractivity contribution in [1.29, 1.82) is 0 Å². The molecule has 9 heavy (non-hydrogen) atoms. The fraction of sp³-hybridized carbons (Fsp3) is 1.00. The quantitative estimate of drug-likeness (QED) is 0.390. The zero-order valence-corrected chi connectivity index (χ0v) is 6.61. The minimum absolute atomic E-state index is 0.372. The number of nitrogens with two attached hydrogens (primary N) is 2. The predicted octanol–water partition coefficient (Wildman–Crippen LogP) is 0.372. The van der Waals surface area contributed by atoms with Gasteiger partial charge in [-0.2, -0.15) is 12.6 Å². The Morgan fingerprint density at radius 1 is 1.22 bits per heavy atom. The topological polar surface area (TPSA) is 52.0 Å². The van der Waals surface area contributed by atoms with Crippen molar-refractivity contribution < 1.29 is 0 Å². The van der Waals surface area contributed by atoms with Crippen LogP contribution in [-0.2, 0) is 0 Å². The molecule has 0 saturated carbocycles. The molecule has 0 saturated heterocycles. The van der Waals surface area contributed by atoms with E-state index in [4.69, 9.17) is 11.5 Å². The zero-order valence-electron chi connectivity index (χ0n) is 5.71. The molecule has 0 bridgehead atoms. The van der Waals surface area contributed by atoms with E-state index in [1.54, 1.807) is 0 Å². The van der Waals surface area contributed by atoms with Crippen molar-refractivity contribution in [1.82, 2.24) is 0 Å². The van der Waals surface area contributed by atoms with Crippen LogP contribution in [0.15, 0.2) is 0 Å². The van der Waals surface area contributed by atoms with E-state index in [1.165, 1.54) is 0 Å². The maximum Gasteiger partial charge on any atom is 0.0140 e. The van der Waals surface area contributed by atoms with Crippen molar-refractivity contribution in [2.75, 3.05) is 13.1 Å². The summed E-state index contributed by atoms with van der Waals surface area (Å²) in [5, 5.41) is 0.372. The third-order valence-electron chi connectivity index (χ3n) is 1.26. The van der Waals surface area contributed by atoms with Crippen LogP contribution in [0, 0.1) is 0 Å². The molecule has 0 radical (unpaired) electrons. The Balaban J connectivity index is 2.88. The molecule has 4 N–H and O–H groups in total. The van der Waals surface area contributed by atoms with E-state index >= 15 is 0 Å². The van der Waals surface area contributed by atoms with E-state index in [2.05, 4.69) is 12.6 Å². The number of unbranched alkanes of at least 4 members (excludes halogenated alkanes) is 1. The van der Waals surface area contributed by atoms with E-state index in [9.17, 15) is 0 Å². The summed E-state index contributed by atoms with van der Waals surface area (Å²) in [6.45, 7) is 1.46. The molecule has 56 valence electrons. The van der Waals surface area contributed by atoms with Gasteiger partial charge in [0, 0.05) is 11.8 Å². The van der Waals surface area contributed by atoms with Crippen LogP contribution in [0.5, 0.6) is 0 Å². The Morgan fingerprint density at radius 3 is 2.33 bits per heavy atom. The average Bonchev–Trinajstić information content (AvgIpc) is 1.89. The molecule has 0 aliphatic heterocycles. The van der Waals surface area contributed by atoms with E-state index in [0.717, 1.165) is 25.8 Å². The second kappa shape index (κ2) is 6.39. The minimum atomic E-state index is 0.372. The molecule has 0 aliphatic rings. The van der Waals surface area contributed by atoms with Crippen LogP contribution in [0.2, 0.25) is 0 Å². The van der Waals surface area contributed by atoms with Crippen LogP contribution < -0.4 is 11.5 Å². The van der Waals surface area contributed by atoms with Gasteiger partial charge in [-0.15, -0.1) is 0 Å². The van der Waals surface area contributed by atoms with E-state index < -0.39 is 0 Å². The maximum absolute atomic E-state index is 5.35. The Hall–Kier alpha value is 0.270. The van der Waals surface area contributed by atoms with Crippen molar-refractivity contribution >= 4 is 12.6 Å². The molecule has 0 fully saturated rings. The van der Waals surface area contributed by atoms with Gasteiger partial charge in [-0.25, -0.2) is 0 Å².